The summed E-state index contributed by atoms with van der Waals surface area (Å²) in [6.45, 7) is 3.23. The standard InChI is InChI=1S/C15H19N3O/c1-15(5-3-6-15)11-18-14(19)13-8-12(4-2-7-16)9-17-10-13/h8-10H,3,5-7,11,16H2,1H3,(H,18,19). The van der Waals surface area contributed by atoms with Gasteiger partial charge in [-0.05, 0) is 24.3 Å². The fraction of sp³-hybridized carbons (Fsp3) is 0.467. The van der Waals surface area contributed by atoms with Gasteiger partial charge >= 0.3 is 0 Å². The number of nitrogens with zero attached hydrogens (tertiary/aromatic N) is 1. The van der Waals surface area contributed by atoms with Crippen molar-refractivity contribution in [3.63, 3.8) is 0 Å². The molecule has 19 heavy (non-hydrogen) atoms. The van der Waals surface area contributed by atoms with Crippen molar-refractivity contribution in [1.82, 2.24) is 10.3 Å². The van der Waals surface area contributed by atoms with Crippen LogP contribution < -0.4 is 11.1 Å². The number of hydrogen-bond donors (Lipinski definition) is 2. The van der Waals surface area contributed by atoms with Crippen molar-refractivity contribution in [2.75, 3.05) is 13.1 Å². The van der Waals surface area contributed by atoms with Gasteiger partial charge in [0.05, 0.1) is 12.1 Å². The molecule has 1 fully saturated rings. The van der Waals surface area contributed by atoms with Crippen LogP contribution in [0.4, 0.5) is 0 Å². The molecule has 1 aliphatic rings. The normalized spacial score (nSPS) is 15.9. The Labute approximate surface area is 113 Å². The highest BCUT2D eigenvalue weighted by atomic mass is 16.1. The molecule has 1 heterocycles. The lowest BCUT2D eigenvalue weighted by atomic mass is 9.70. The molecule has 0 radical (unpaired) electrons. The second-order valence-electron chi connectivity index (χ2n) is 5.32. The summed E-state index contributed by atoms with van der Waals surface area (Å²) in [4.78, 5) is 16.1. The zero-order valence-corrected chi connectivity index (χ0v) is 11.2. The highest BCUT2D eigenvalue weighted by molar-refractivity contribution is 5.94. The van der Waals surface area contributed by atoms with E-state index in [2.05, 4.69) is 29.1 Å². The average Bonchev–Trinajstić information content (AvgIpc) is 2.40. The molecule has 1 aromatic heterocycles. The van der Waals surface area contributed by atoms with Gasteiger partial charge in [0, 0.05) is 24.5 Å². The Balaban J connectivity index is 1.98. The van der Waals surface area contributed by atoms with Crippen LogP contribution in [0.2, 0.25) is 0 Å². The number of rotatable bonds is 3. The lowest BCUT2D eigenvalue weighted by Crippen LogP contribution is -2.39. The maximum Gasteiger partial charge on any atom is 0.252 e. The minimum atomic E-state index is -0.0861. The van der Waals surface area contributed by atoms with Gasteiger partial charge in [0.2, 0.25) is 0 Å². The smallest absolute Gasteiger partial charge is 0.252 e. The molecule has 1 aromatic rings. The van der Waals surface area contributed by atoms with Crippen molar-refractivity contribution in [1.29, 1.82) is 0 Å². The SMILES string of the molecule is CC1(CNC(=O)c2cncc(C#CCN)c2)CCC1. The summed E-state index contributed by atoms with van der Waals surface area (Å²) in [5, 5.41) is 2.97. The quantitative estimate of drug-likeness (QED) is 0.802. The van der Waals surface area contributed by atoms with E-state index in [0.29, 0.717) is 17.7 Å². The Morgan fingerprint density at radius 3 is 2.95 bits per heavy atom. The number of nitrogens with one attached hydrogen (secondary N) is 1. The van der Waals surface area contributed by atoms with E-state index in [1.54, 1.807) is 18.5 Å². The van der Waals surface area contributed by atoms with Gasteiger partial charge in [-0.2, -0.15) is 0 Å². The Kier molecular flexibility index (Phi) is 4.18. The van der Waals surface area contributed by atoms with Crippen LogP contribution in [0.3, 0.4) is 0 Å². The summed E-state index contributed by atoms with van der Waals surface area (Å²) < 4.78 is 0. The fourth-order valence-electron chi connectivity index (χ4n) is 2.14. The van der Waals surface area contributed by atoms with E-state index in [4.69, 9.17) is 5.73 Å². The minimum absolute atomic E-state index is 0.0861. The summed E-state index contributed by atoms with van der Waals surface area (Å²) >= 11 is 0. The molecule has 0 aromatic carbocycles. The van der Waals surface area contributed by atoms with Crippen LogP contribution in [0.1, 0.15) is 42.1 Å². The van der Waals surface area contributed by atoms with Gasteiger partial charge in [-0.1, -0.05) is 25.2 Å². The maximum absolute atomic E-state index is 12.0. The molecule has 0 atom stereocenters. The van der Waals surface area contributed by atoms with E-state index in [0.717, 1.165) is 6.54 Å². The van der Waals surface area contributed by atoms with E-state index < -0.39 is 0 Å². The molecule has 1 aliphatic carbocycles. The van der Waals surface area contributed by atoms with Gasteiger partial charge in [0.25, 0.3) is 5.91 Å². The highest BCUT2D eigenvalue weighted by Gasteiger charge is 2.31. The van der Waals surface area contributed by atoms with Gasteiger partial charge in [0.1, 0.15) is 0 Å². The van der Waals surface area contributed by atoms with Crippen molar-refractivity contribution in [3.8, 4) is 11.8 Å². The number of carbonyl (C=O) groups excluding carboxylic acids is 1. The third kappa shape index (κ3) is 3.55. The summed E-state index contributed by atoms with van der Waals surface area (Å²) in [7, 11) is 0. The molecule has 0 aliphatic heterocycles. The number of hydrogen-bond acceptors (Lipinski definition) is 3. The number of nitrogens with two attached hydrogens (primary N) is 1. The third-order valence-electron chi connectivity index (χ3n) is 3.57. The zero-order chi connectivity index (χ0) is 13.7. The molecule has 100 valence electrons. The lowest BCUT2D eigenvalue weighted by Gasteiger charge is -2.38. The van der Waals surface area contributed by atoms with E-state index in [1.807, 2.05) is 0 Å². The molecule has 3 N–H and O–H groups in total. The topological polar surface area (TPSA) is 68.0 Å². The molecule has 4 heteroatoms. The molecular formula is C15H19N3O. The molecule has 0 spiro atoms. The molecule has 1 saturated carbocycles. The van der Waals surface area contributed by atoms with Crippen LogP contribution in [-0.4, -0.2) is 24.0 Å². The van der Waals surface area contributed by atoms with Crippen molar-refractivity contribution in [2.24, 2.45) is 11.1 Å². The van der Waals surface area contributed by atoms with Gasteiger partial charge in [-0.3, -0.25) is 9.78 Å². The van der Waals surface area contributed by atoms with Crippen LogP contribution in [0, 0.1) is 17.3 Å². The first-order chi connectivity index (χ1) is 9.13. The van der Waals surface area contributed by atoms with Crippen molar-refractivity contribution >= 4 is 5.91 Å². The molecule has 0 bridgehead atoms. The van der Waals surface area contributed by atoms with Crippen LogP contribution in [0.25, 0.3) is 0 Å². The molecule has 4 nitrogen and oxygen atoms in total. The third-order valence-corrected chi connectivity index (χ3v) is 3.57. The van der Waals surface area contributed by atoms with Crippen molar-refractivity contribution < 1.29 is 4.79 Å². The maximum atomic E-state index is 12.0. The van der Waals surface area contributed by atoms with Crippen LogP contribution in [0.5, 0.6) is 0 Å². The first kappa shape index (κ1) is 13.6. The number of pyridine rings is 1. The van der Waals surface area contributed by atoms with E-state index in [9.17, 15) is 4.79 Å². The van der Waals surface area contributed by atoms with Crippen molar-refractivity contribution in [3.05, 3.63) is 29.6 Å². The lowest BCUT2D eigenvalue weighted by molar-refractivity contribution is 0.0890. The highest BCUT2D eigenvalue weighted by Crippen LogP contribution is 2.39. The number of aromatic nitrogens is 1. The zero-order valence-electron chi connectivity index (χ0n) is 11.2. The Morgan fingerprint density at radius 2 is 2.32 bits per heavy atom. The van der Waals surface area contributed by atoms with Crippen LogP contribution in [0.15, 0.2) is 18.5 Å². The monoisotopic (exact) mass is 257 g/mol. The summed E-state index contributed by atoms with van der Waals surface area (Å²) in [5.74, 6) is 5.54. The van der Waals surface area contributed by atoms with E-state index in [-0.39, 0.29) is 11.3 Å². The predicted molar refractivity (Wildman–Crippen MR) is 74.5 cm³/mol. The molecule has 2 rings (SSSR count). The van der Waals surface area contributed by atoms with E-state index in [1.165, 1.54) is 19.3 Å². The molecule has 0 saturated heterocycles. The Hall–Kier alpha value is -1.86. The Morgan fingerprint density at radius 1 is 1.53 bits per heavy atom. The van der Waals surface area contributed by atoms with Gasteiger partial charge in [0.15, 0.2) is 0 Å². The second-order valence-corrected chi connectivity index (χ2v) is 5.32. The summed E-state index contributed by atoms with van der Waals surface area (Å²) in [6.07, 6.45) is 6.83. The van der Waals surface area contributed by atoms with Crippen LogP contribution in [-0.2, 0) is 0 Å². The number of amides is 1. The summed E-state index contributed by atoms with van der Waals surface area (Å²) in [5.41, 5.74) is 6.86. The van der Waals surface area contributed by atoms with Gasteiger partial charge in [-0.25, -0.2) is 0 Å². The Bertz CT molecular complexity index is 524. The average molecular weight is 257 g/mol. The van der Waals surface area contributed by atoms with Crippen molar-refractivity contribution in [2.45, 2.75) is 26.2 Å². The largest absolute Gasteiger partial charge is 0.351 e. The number of carbonyl (C=O) groups is 1. The first-order valence-corrected chi connectivity index (χ1v) is 6.55. The second kappa shape index (κ2) is 5.85. The molecule has 1 amide bonds. The molecular weight excluding hydrogens is 238 g/mol. The van der Waals surface area contributed by atoms with Gasteiger partial charge < -0.3 is 11.1 Å². The summed E-state index contributed by atoms with van der Waals surface area (Å²) in [6, 6.07) is 1.74. The minimum Gasteiger partial charge on any atom is -0.351 e. The van der Waals surface area contributed by atoms with E-state index >= 15 is 0 Å². The predicted octanol–water partition coefficient (Wildman–Crippen LogP) is 1.31. The molecule has 0 unspecified atom stereocenters. The van der Waals surface area contributed by atoms with Crippen LogP contribution >= 0.6 is 0 Å². The van der Waals surface area contributed by atoms with Gasteiger partial charge in [-0.15, -0.1) is 0 Å². The first-order valence-electron chi connectivity index (χ1n) is 6.55. The fourth-order valence-corrected chi connectivity index (χ4v) is 2.14.